The Balaban J connectivity index is 2.89. The van der Waals surface area contributed by atoms with Crippen LogP contribution in [0, 0.1) is 0 Å². The molecule has 0 atom stereocenters. The van der Waals surface area contributed by atoms with E-state index in [1.165, 1.54) is 11.3 Å². The highest BCUT2D eigenvalue weighted by molar-refractivity contribution is 7.13. The fourth-order valence-corrected chi connectivity index (χ4v) is 2.01. The van der Waals surface area contributed by atoms with E-state index < -0.39 is 11.4 Å². The molecule has 0 unspecified atom stereocenters. The van der Waals surface area contributed by atoms with Crippen LogP contribution < -0.4 is 5.32 Å². The van der Waals surface area contributed by atoms with Crippen LogP contribution in [0.2, 0.25) is 0 Å². The first kappa shape index (κ1) is 12.0. The molecule has 0 aliphatic rings. The topological polar surface area (TPSA) is 62.2 Å². The number of thiazole rings is 1. The Morgan fingerprint density at radius 2 is 2.20 bits per heavy atom. The van der Waals surface area contributed by atoms with Crippen molar-refractivity contribution in [3.8, 4) is 0 Å². The van der Waals surface area contributed by atoms with Gasteiger partial charge in [-0.15, -0.1) is 11.3 Å². The molecule has 0 aliphatic heterocycles. The fraction of sp³-hybridized carbons (Fsp3) is 0.600. The van der Waals surface area contributed by atoms with Gasteiger partial charge in [0.2, 0.25) is 0 Å². The highest BCUT2D eigenvalue weighted by atomic mass is 32.1. The summed E-state index contributed by atoms with van der Waals surface area (Å²) in [6, 6.07) is 0.303. The van der Waals surface area contributed by atoms with Crippen LogP contribution in [0.25, 0.3) is 0 Å². The smallest absolute Gasteiger partial charge is 0.315 e. The van der Waals surface area contributed by atoms with Crippen molar-refractivity contribution in [2.45, 2.75) is 39.2 Å². The molecule has 1 aromatic heterocycles. The molecule has 0 radical (unpaired) electrons. The molecule has 2 N–H and O–H groups in total. The van der Waals surface area contributed by atoms with E-state index in [1.807, 2.05) is 13.8 Å². The molecule has 0 saturated heterocycles. The van der Waals surface area contributed by atoms with E-state index in [0.717, 1.165) is 5.13 Å². The Morgan fingerprint density at radius 3 is 2.67 bits per heavy atom. The first-order valence-corrected chi connectivity index (χ1v) is 5.68. The number of carboxylic acids is 1. The van der Waals surface area contributed by atoms with Gasteiger partial charge in [0.05, 0.1) is 5.69 Å². The molecule has 1 rings (SSSR count). The summed E-state index contributed by atoms with van der Waals surface area (Å²) < 4.78 is 0. The van der Waals surface area contributed by atoms with Crippen LogP contribution in [-0.4, -0.2) is 22.1 Å². The Kier molecular flexibility index (Phi) is 3.34. The molecule has 0 saturated carbocycles. The van der Waals surface area contributed by atoms with E-state index in [1.54, 1.807) is 19.2 Å². The second kappa shape index (κ2) is 4.18. The van der Waals surface area contributed by atoms with E-state index in [9.17, 15) is 4.79 Å². The maximum Gasteiger partial charge on any atom is 0.315 e. The van der Waals surface area contributed by atoms with Crippen LogP contribution in [0.4, 0.5) is 5.13 Å². The van der Waals surface area contributed by atoms with Gasteiger partial charge in [-0.3, -0.25) is 4.79 Å². The zero-order valence-corrected chi connectivity index (χ0v) is 10.2. The van der Waals surface area contributed by atoms with Crippen molar-refractivity contribution in [1.82, 2.24) is 4.98 Å². The minimum Gasteiger partial charge on any atom is -0.481 e. The van der Waals surface area contributed by atoms with Crippen LogP contribution in [0.1, 0.15) is 33.4 Å². The number of hydrogen-bond acceptors (Lipinski definition) is 4. The lowest BCUT2D eigenvalue weighted by atomic mass is 9.90. The summed E-state index contributed by atoms with van der Waals surface area (Å²) in [5.41, 5.74) is -0.323. The highest BCUT2D eigenvalue weighted by Crippen LogP contribution is 2.27. The van der Waals surface area contributed by atoms with Gasteiger partial charge >= 0.3 is 5.97 Å². The maximum absolute atomic E-state index is 11.0. The standard InChI is InChI=1S/C10H16N2O2S/c1-6(2)11-9-12-7(5-15-9)10(3,4)8(13)14/h5-6H,1-4H3,(H,11,12)(H,13,14). The molecule has 84 valence electrons. The number of aliphatic carboxylic acids is 1. The minimum atomic E-state index is -0.923. The summed E-state index contributed by atoms with van der Waals surface area (Å²) in [6.07, 6.45) is 0. The molecule has 0 amide bonds. The molecule has 4 nitrogen and oxygen atoms in total. The second-order valence-corrected chi connectivity index (χ2v) is 5.13. The minimum absolute atomic E-state index is 0.303. The van der Waals surface area contributed by atoms with Gasteiger partial charge in [-0.25, -0.2) is 4.98 Å². The summed E-state index contributed by atoms with van der Waals surface area (Å²) in [5, 5.41) is 14.7. The zero-order valence-electron chi connectivity index (χ0n) is 9.37. The van der Waals surface area contributed by atoms with Crippen molar-refractivity contribution in [1.29, 1.82) is 0 Å². The van der Waals surface area contributed by atoms with Crippen LogP contribution in [0.5, 0.6) is 0 Å². The van der Waals surface area contributed by atoms with Crippen LogP contribution in [0.3, 0.4) is 0 Å². The van der Waals surface area contributed by atoms with Crippen LogP contribution in [0.15, 0.2) is 5.38 Å². The molecule has 5 heteroatoms. The molecule has 1 aromatic rings. The average molecular weight is 228 g/mol. The number of aromatic nitrogens is 1. The molecule has 0 spiro atoms. The summed E-state index contributed by atoms with van der Waals surface area (Å²) in [4.78, 5) is 15.3. The summed E-state index contributed by atoms with van der Waals surface area (Å²) >= 11 is 1.44. The lowest BCUT2D eigenvalue weighted by Gasteiger charge is -2.15. The summed E-state index contributed by atoms with van der Waals surface area (Å²) in [5.74, 6) is -0.858. The number of hydrogen-bond donors (Lipinski definition) is 2. The van der Waals surface area contributed by atoms with Gasteiger partial charge in [0.1, 0.15) is 5.41 Å². The number of nitrogens with one attached hydrogen (secondary N) is 1. The lowest BCUT2D eigenvalue weighted by molar-refractivity contribution is -0.142. The number of anilines is 1. The van der Waals surface area contributed by atoms with Gasteiger partial charge in [0, 0.05) is 11.4 Å². The Morgan fingerprint density at radius 1 is 1.60 bits per heavy atom. The van der Waals surface area contributed by atoms with Crippen molar-refractivity contribution in [2.75, 3.05) is 5.32 Å². The van der Waals surface area contributed by atoms with Crippen molar-refractivity contribution >= 4 is 22.4 Å². The van der Waals surface area contributed by atoms with Gasteiger partial charge in [-0.2, -0.15) is 0 Å². The SMILES string of the molecule is CC(C)Nc1nc(C(C)(C)C(=O)O)cs1. The fourth-order valence-electron chi connectivity index (χ4n) is 0.984. The molecular weight excluding hydrogens is 212 g/mol. The number of rotatable bonds is 4. The second-order valence-electron chi connectivity index (χ2n) is 4.27. The quantitative estimate of drug-likeness (QED) is 0.830. The molecule has 1 heterocycles. The first-order valence-electron chi connectivity index (χ1n) is 4.80. The molecular formula is C10H16N2O2S. The van der Waals surface area contributed by atoms with E-state index in [-0.39, 0.29) is 0 Å². The lowest BCUT2D eigenvalue weighted by Crippen LogP contribution is -2.28. The maximum atomic E-state index is 11.0. The van der Waals surface area contributed by atoms with Gasteiger partial charge in [-0.1, -0.05) is 0 Å². The van der Waals surface area contributed by atoms with Crippen molar-refractivity contribution in [3.63, 3.8) is 0 Å². The van der Waals surface area contributed by atoms with Gasteiger partial charge < -0.3 is 10.4 Å². The zero-order chi connectivity index (χ0) is 11.6. The summed E-state index contributed by atoms with van der Waals surface area (Å²) in [7, 11) is 0. The molecule has 0 bridgehead atoms. The molecule has 0 aromatic carbocycles. The van der Waals surface area contributed by atoms with E-state index >= 15 is 0 Å². The third-order valence-electron chi connectivity index (χ3n) is 2.09. The third kappa shape index (κ3) is 2.68. The number of carbonyl (C=O) groups is 1. The van der Waals surface area contributed by atoms with Gasteiger partial charge in [0.25, 0.3) is 0 Å². The summed E-state index contributed by atoms with van der Waals surface area (Å²) in [6.45, 7) is 7.35. The normalized spacial score (nSPS) is 11.8. The Hall–Kier alpha value is -1.10. The van der Waals surface area contributed by atoms with Crippen molar-refractivity contribution < 1.29 is 9.90 Å². The van der Waals surface area contributed by atoms with Crippen molar-refractivity contribution in [2.24, 2.45) is 0 Å². The van der Waals surface area contributed by atoms with E-state index in [2.05, 4.69) is 10.3 Å². The molecule has 15 heavy (non-hydrogen) atoms. The highest BCUT2D eigenvalue weighted by Gasteiger charge is 2.32. The average Bonchev–Trinajstić information content (AvgIpc) is 2.51. The molecule has 0 aliphatic carbocycles. The Bertz CT molecular complexity index is 358. The first-order chi connectivity index (χ1) is 6.84. The van der Waals surface area contributed by atoms with E-state index in [0.29, 0.717) is 11.7 Å². The predicted octanol–water partition coefficient (Wildman–Crippen LogP) is 2.33. The number of carboxylic acid groups (broad SMARTS) is 1. The van der Waals surface area contributed by atoms with Gasteiger partial charge in [-0.05, 0) is 27.7 Å². The largest absolute Gasteiger partial charge is 0.481 e. The third-order valence-corrected chi connectivity index (χ3v) is 2.86. The predicted molar refractivity (Wildman–Crippen MR) is 61.5 cm³/mol. The monoisotopic (exact) mass is 228 g/mol. The van der Waals surface area contributed by atoms with Gasteiger partial charge in [0.15, 0.2) is 5.13 Å². The van der Waals surface area contributed by atoms with Crippen LogP contribution >= 0.6 is 11.3 Å². The van der Waals surface area contributed by atoms with Crippen molar-refractivity contribution in [3.05, 3.63) is 11.1 Å². The van der Waals surface area contributed by atoms with E-state index in [4.69, 9.17) is 5.11 Å². The van der Waals surface area contributed by atoms with Crippen LogP contribution in [-0.2, 0) is 10.2 Å². The number of nitrogens with zero attached hydrogens (tertiary/aromatic N) is 1. The molecule has 0 fully saturated rings. The Labute approximate surface area is 93.4 Å².